The quantitative estimate of drug-likeness (QED) is 0.568. The van der Waals surface area contributed by atoms with Crippen LogP contribution in [-0.4, -0.2) is 52.4 Å². The standard InChI is InChI=1S/C22H28N2O6S/c1-16-14-18(5-7-20(16)24-9-12-29-13-10-24)23-31(27,28)19-6-8-21(17(2)15-19)30-11-3-4-22(25)26/h5-8,14-15,23H,3-4,9-13H2,1-2H3,(H,25,26). The van der Waals surface area contributed by atoms with E-state index in [1.165, 1.54) is 6.07 Å². The molecular formula is C22H28N2O6S. The molecule has 0 aliphatic carbocycles. The van der Waals surface area contributed by atoms with Gasteiger partial charge in [0.2, 0.25) is 0 Å². The Bertz CT molecular complexity index is 1030. The van der Waals surface area contributed by atoms with Crippen LogP contribution in [0.25, 0.3) is 0 Å². The first-order valence-corrected chi connectivity index (χ1v) is 11.7. The minimum absolute atomic E-state index is 0.0270. The van der Waals surface area contributed by atoms with Crippen LogP contribution >= 0.6 is 0 Å². The number of anilines is 2. The second-order valence-electron chi connectivity index (χ2n) is 7.48. The molecule has 0 unspecified atom stereocenters. The van der Waals surface area contributed by atoms with Gasteiger partial charge < -0.3 is 19.5 Å². The lowest BCUT2D eigenvalue weighted by molar-refractivity contribution is -0.137. The van der Waals surface area contributed by atoms with Gasteiger partial charge in [-0.05, 0) is 67.8 Å². The van der Waals surface area contributed by atoms with Crippen molar-refractivity contribution in [3.8, 4) is 5.75 Å². The summed E-state index contributed by atoms with van der Waals surface area (Å²) in [7, 11) is -3.76. The molecule has 0 aromatic heterocycles. The predicted molar refractivity (Wildman–Crippen MR) is 119 cm³/mol. The summed E-state index contributed by atoms with van der Waals surface area (Å²) in [6.45, 7) is 6.98. The van der Waals surface area contributed by atoms with Gasteiger partial charge in [0.1, 0.15) is 5.75 Å². The van der Waals surface area contributed by atoms with Crippen LogP contribution in [0.15, 0.2) is 41.3 Å². The number of ether oxygens (including phenoxy) is 2. The lowest BCUT2D eigenvalue weighted by Crippen LogP contribution is -2.36. The number of sulfonamides is 1. The molecule has 9 heteroatoms. The number of morpholine rings is 1. The smallest absolute Gasteiger partial charge is 0.303 e. The molecule has 1 aliphatic heterocycles. The topological polar surface area (TPSA) is 105 Å². The van der Waals surface area contributed by atoms with Gasteiger partial charge in [0.25, 0.3) is 10.0 Å². The van der Waals surface area contributed by atoms with E-state index in [0.717, 1.165) is 24.3 Å². The highest BCUT2D eigenvalue weighted by Crippen LogP contribution is 2.27. The fourth-order valence-electron chi connectivity index (χ4n) is 3.45. The Morgan fingerprint density at radius 3 is 2.52 bits per heavy atom. The SMILES string of the molecule is Cc1cc(S(=O)(=O)Nc2ccc(N3CCOCC3)c(C)c2)ccc1OCCCC(=O)O. The molecule has 2 aromatic rings. The number of hydrogen-bond acceptors (Lipinski definition) is 6. The molecule has 0 radical (unpaired) electrons. The third-order valence-corrected chi connectivity index (χ3v) is 6.43. The van der Waals surface area contributed by atoms with Gasteiger partial charge in [-0.1, -0.05) is 0 Å². The van der Waals surface area contributed by atoms with Crippen LogP contribution in [0.3, 0.4) is 0 Å². The van der Waals surface area contributed by atoms with Crippen molar-refractivity contribution >= 4 is 27.4 Å². The minimum Gasteiger partial charge on any atom is -0.493 e. The van der Waals surface area contributed by atoms with E-state index in [0.29, 0.717) is 36.6 Å². The van der Waals surface area contributed by atoms with Crippen molar-refractivity contribution in [1.29, 1.82) is 0 Å². The molecule has 168 valence electrons. The average Bonchev–Trinajstić information content (AvgIpc) is 2.72. The first kappa shape index (κ1) is 22.9. The molecule has 8 nitrogen and oxygen atoms in total. The maximum atomic E-state index is 12.9. The Morgan fingerprint density at radius 2 is 1.87 bits per heavy atom. The number of aryl methyl sites for hydroxylation is 2. The Balaban J connectivity index is 1.68. The summed E-state index contributed by atoms with van der Waals surface area (Å²) in [5, 5.41) is 8.67. The molecule has 0 atom stereocenters. The maximum absolute atomic E-state index is 12.9. The zero-order valence-electron chi connectivity index (χ0n) is 17.8. The summed E-state index contributed by atoms with van der Waals surface area (Å²) in [6, 6.07) is 10.1. The number of nitrogens with one attached hydrogen (secondary N) is 1. The summed E-state index contributed by atoms with van der Waals surface area (Å²) < 4.78 is 39.3. The Kier molecular flexibility index (Phi) is 7.40. The molecular weight excluding hydrogens is 420 g/mol. The van der Waals surface area contributed by atoms with Crippen molar-refractivity contribution in [2.75, 3.05) is 42.5 Å². The van der Waals surface area contributed by atoms with E-state index in [-0.39, 0.29) is 17.9 Å². The summed E-state index contributed by atoms with van der Waals surface area (Å²) in [4.78, 5) is 12.9. The fraction of sp³-hybridized carbons (Fsp3) is 0.409. The van der Waals surface area contributed by atoms with Crippen molar-refractivity contribution < 1.29 is 27.8 Å². The Labute approximate surface area is 182 Å². The number of carboxylic acids is 1. The van der Waals surface area contributed by atoms with Gasteiger partial charge in [-0.2, -0.15) is 0 Å². The molecule has 0 spiro atoms. The van der Waals surface area contributed by atoms with Gasteiger partial charge >= 0.3 is 5.97 Å². The molecule has 2 aromatic carbocycles. The zero-order valence-corrected chi connectivity index (χ0v) is 18.6. The number of carboxylic acid groups (broad SMARTS) is 1. The molecule has 1 saturated heterocycles. The number of carbonyl (C=O) groups is 1. The zero-order chi connectivity index (χ0) is 22.4. The summed E-state index contributed by atoms with van der Waals surface area (Å²) in [5.74, 6) is -0.337. The number of rotatable bonds is 9. The molecule has 2 N–H and O–H groups in total. The molecule has 0 amide bonds. The van der Waals surface area contributed by atoms with E-state index in [1.54, 1.807) is 25.1 Å². The van der Waals surface area contributed by atoms with Crippen molar-refractivity contribution in [3.05, 3.63) is 47.5 Å². The highest BCUT2D eigenvalue weighted by Gasteiger charge is 2.18. The predicted octanol–water partition coefficient (Wildman–Crippen LogP) is 3.18. The van der Waals surface area contributed by atoms with Gasteiger partial charge in [-0.15, -0.1) is 0 Å². The summed E-state index contributed by atoms with van der Waals surface area (Å²) in [6.07, 6.45) is 0.412. The van der Waals surface area contributed by atoms with Gasteiger partial charge in [0.05, 0.1) is 24.7 Å². The van der Waals surface area contributed by atoms with E-state index in [9.17, 15) is 13.2 Å². The van der Waals surface area contributed by atoms with E-state index < -0.39 is 16.0 Å². The van der Waals surface area contributed by atoms with E-state index in [4.69, 9.17) is 14.6 Å². The largest absolute Gasteiger partial charge is 0.493 e. The van der Waals surface area contributed by atoms with E-state index in [1.807, 2.05) is 19.1 Å². The van der Waals surface area contributed by atoms with E-state index in [2.05, 4.69) is 9.62 Å². The first-order chi connectivity index (χ1) is 14.8. The highest BCUT2D eigenvalue weighted by molar-refractivity contribution is 7.92. The monoisotopic (exact) mass is 448 g/mol. The molecule has 0 saturated carbocycles. The van der Waals surface area contributed by atoms with Gasteiger partial charge in [0, 0.05) is 30.9 Å². The maximum Gasteiger partial charge on any atom is 0.303 e. The molecule has 1 aliphatic rings. The molecule has 31 heavy (non-hydrogen) atoms. The normalized spacial score (nSPS) is 14.3. The van der Waals surface area contributed by atoms with Crippen molar-refractivity contribution in [2.45, 2.75) is 31.6 Å². The molecule has 0 bridgehead atoms. The van der Waals surface area contributed by atoms with Crippen molar-refractivity contribution in [2.24, 2.45) is 0 Å². The first-order valence-electron chi connectivity index (χ1n) is 10.2. The lowest BCUT2D eigenvalue weighted by atomic mass is 10.1. The number of benzene rings is 2. The second kappa shape index (κ2) is 10.0. The van der Waals surface area contributed by atoms with Gasteiger partial charge in [-0.25, -0.2) is 8.42 Å². The van der Waals surface area contributed by atoms with Crippen LogP contribution in [0.2, 0.25) is 0 Å². The van der Waals surface area contributed by atoms with Crippen molar-refractivity contribution in [1.82, 2.24) is 0 Å². The summed E-state index contributed by atoms with van der Waals surface area (Å²) in [5.41, 5.74) is 3.23. The minimum atomic E-state index is -3.76. The highest BCUT2D eigenvalue weighted by atomic mass is 32.2. The third kappa shape index (κ3) is 6.11. The molecule has 3 rings (SSSR count). The fourth-order valence-corrected chi connectivity index (χ4v) is 4.58. The van der Waals surface area contributed by atoms with Crippen LogP contribution in [0.1, 0.15) is 24.0 Å². The number of nitrogens with zero attached hydrogens (tertiary/aromatic N) is 1. The van der Waals surface area contributed by atoms with Crippen LogP contribution in [0, 0.1) is 13.8 Å². The lowest BCUT2D eigenvalue weighted by Gasteiger charge is -2.30. The Morgan fingerprint density at radius 1 is 1.13 bits per heavy atom. The third-order valence-electron chi connectivity index (χ3n) is 5.05. The van der Waals surface area contributed by atoms with Crippen LogP contribution in [0.4, 0.5) is 11.4 Å². The molecule has 1 fully saturated rings. The van der Waals surface area contributed by atoms with E-state index >= 15 is 0 Å². The van der Waals surface area contributed by atoms with Crippen LogP contribution in [0.5, 0.6) is 5.75 Å². The molecule has 1 heterocycles. The number of aliphatic carboxylic acids is 1. The van der Waals surface area contributed by atoms with Gasteiger partial charge in [-0.3, -0.25) is 9.52 Å². The van der Waals surface area contributed by atoms with Gasteiger partial charge in [0.15, 0.2) is 0 Å². The van der Waals surface area contributed by atoms with Crippen LogP contribution in [-0.2, 0) is 19.6 Å². The number of hydrogen-bond donors (Lipinski definition) is 2. The summed E-state index contributed by atoms with van der Waals surface area (Å²) >= 11 is 0. The average molecular weight is 449 g/mol. The van der Waals surface area contributed by atoms with Crippen molar-refractivity contribution in [3.63, 3.8) is 0 Å². The second-order valence-corrected chi connectivity index (χ2v) is 9.16. The Hall–Kier alpha value is -2.78. The van der Waals surface area contributed by atoms with Crippen LogP contribution < -0.4 is 14.4 Å².